The molecule has 0 saturated heterocycles. The van der Waals surface area contributed by atoms with Gasteiger partial charge >= 0.3 is 0 Å². The van der Waals surface area contributed by atoms with Crippen molar-refractivity contribution in [3.05, 3.63) is 187 Å². The molecule has 0 unspecified atom stereocenters. The van der Waals surface area contributed by atoms with Gasteiger partial charge in [0.1, 0.15) is 49.4 Å². The number of carboxylic acids is 1. The summed E-state index contributed by atoms with van der Waals surface area (Å²) in [6.45, 7) is 3.59. The smallest absolute Gasteiger partial charge is 0.300 e. The average molecular weight is 881 g/mol. The quantitative estimate of drug-likeness (QED) is 0.0742. The van der Waals surface area contributed by atoms with Crippen LogP contribution in [-0.2, 0) is 31.2 Å². The predicted octanol–water partition coefficient (Wildman–Crippen LogP) is 11.7. The van der Waals surface area contributed by atoms with Crippen molar-refractivity contribution in [2.24, 2.45) is 0 Å². The molecule has 9 N–H and O–H groups in total. The Balaban J connectivity index is 0.000000171. The monoisotopic (exact) mass is 880 g/mol. The third-order valence-electron chi connectivity index (χ3n) is 7.37. The average Bonchev–Trinajstić information content (AvgIpc) is 4.11. The summed E-state index contributed by atoms with van der Waals surface area (Å²) >= 11 is 6.78. The van der Waals surface area contributed by atoms with Crippen LogP contribution in [-0.4, -0.2) is 11.1 Å². The molecular weight excluding hydrogens is 833 g/mol. The van der Waals surface area contributed by atoms with Crippen LogP contribution in [0.5, 0.6) is 23.0 Å². The Morgan fingerprint density at radius 3 is 0.733 bits per heavy atom. The van der Waals surface area contributed by atoms with E-state index in [0.717, 1.165) is 52.7 Å². The maximum absolute atomic E-state index is 9.00. The van der Waals surface area contributed by atoms with Crippen LogP contribution >= 0.6 is 45.3 Å². The van der Waals surface area contributed by atoms with E-state index in [4.69, 9.17) is 51.8 Å². The van der Waals surface area contributed by atoms with Gasteiger partial charge in [-0.05, 0) is 143 Å². The first kappa shape index (κ1) is 46.2. The number of thiophene rings is 4. The highest BCUT2D eigenvalue weighted by Gasteiger charge is 1.99. The maximum Gasteiger partial charge on any atom is 0.300 e. The molecule has 0 aliphatic heterocycles. The number of benzene rings is 4. The largest absolute Gasteiger partial charge is 0.488 e. The van der Waals surface area contributed by atoms with Crippen molar-refractivity contribution >= 4 is 74.1 Å². The summed E-state index contributed by atoms with van der Waals surface area (Å²) in [6, 6.07) is 46.0. The second-order valence-electron chi connectivity index (χ2n) is 12.3. The molecule has 8 aromatic rings. The number of aliphatic carboxylic acids is 1. The topological polar surface area (TPSA) is 178 Å². The van der Waals surface area contributed by atoms with Gasteiger partial charge in [0.2, 0.25) is 0 Å². The van der Waals surface area contributed by atoms with E-state index < -0.39 is 5.97 Å². The highest BCUT2D eigenvalue weighted by Crippen LogP contribution is 2.20. The summed E-state index contributed by atoms with van der Waals surface area (Å²) in [5.74, 6) is 2.58. The minimum absolute atomic E-state index is 0.627. The van der Waals surface area contributed by atoms with Crippen LogP contribution in [0, 0.1) is 0 Å². The number of ether oxygens (including phenoxy) is 4. The van der Waals surface area contributed by atoms with Gasteiger partial charge in [-0.25, -0.2) is 0 Å². The van der Waals surface area contributed by atoms with Crippen molar-refractivity contribution in [1.82, 2.24) is 0 Å². The molecule has 14 heteroatoms. The first-order chi connectivity index (χ1) is 29.1. The fourth-order valence-corrected chi connectivity index (χ4v) is 6.92. The van der Waals surface area contributed by atoms with Crippen molar-refractivity contribution in [2.45, 2.75) is 33.4 Å². The molecule has 312 valence electrons. The van der Waals surface area contributed by atoms with Crippen molar-refractivity contribution in [3.63, 3.8) is 0 Å². The summed E-state index contributed by atoms with van der Waals surface area (Å²) in [5, 5.41) is 15.6. The van der Waals surface area contributed by atoms with Crippen LogP contribution in [0.4, 0.5) is 22.7 Å². The molecule has 0 amide bonds. The van der Waals surface area contributed by atoms with E-state index >= 15 is 0 Å². The van der Waals surface area contributed by atoms with Crippen molar-refractivity contribution < 1.29 is 28.8 Å². The first-order valence-electron chi connectivity index (χ1n) is 18.3. The van der Waals surface area contributed by atoms with Gasteiger partial charge < -0.3 is 47.0 Å². The van der Waals surface area contributed by atoms with E-state index in [0.29, 0.717) is 26.4 Å². The number of rotatable bonds is 12. The molecule has 0 bridgehead atoms. The van der Waals surface area contributed by atoms with Crippen LogP contribution in [0.25, 0.3) is 0 Å². The number of anilines is 4. The highest BCUT2D eigenvalue weighted by molar-refractivity contribution is 7.10. The predicted molar refractivity (Wildman–Crippen MR) is 251 cm³/mol. The minimum Gasteiger partial charge on any atom is -0.488 e. The van der Waals surface area contributed by atoms with E-state index in [2.05, 4.69) is 24.3 Å². The van der Waals surface area contributed by atoms with Crippen molar-refractivity contribution in [3.8, 4) is 23.0 Å². The van der Waals surface area contributed by atoms with Gasteiger partial charge in [-0.15, -0.1) is 45.3 Å². The van der Waals surface area contributed by atoms with Gasteiger partial charge in [-0.1, -0.05) is 24.3 Å². The van der Waals surface area contributed by atoms with E-state index in [1.165, 1.54) is 19.5 Å². The maximum atomic E-state index is 9.00. The number of carbonyl (C=O) groups is 1. The molecule has 4 aromatic heterocycles. The Morgan fingerprint density at radius 1 is 0.400 bits per heavy atom. The lowest BCUT2D eigenvalue weighted by Crippen LogP contribution is -1.92. The highest BCUT2D eigenvalue weighted by atomic mass is 32.1. The molecule has 4 heterocycles. The summed E-state index contributed by atoms with van der Waals surface area (Å²) in [5.41, 5.74) is 25.3. The molecule has 0 radical (unpaired) electrons. The van der Waals surface area contributed by atoms with E-state index in [-0.39, 0.29) is 0 Å². The molecule has 0 spiro atoms. The fourth-order valence-electron chi connectivity index (χ4n) is 4.45. The molecule has 10 nitrogen and oxygen atoms in total. The Kier molecular flexibility index (Phi) is 20.4. The summed E-state index contributed by atoms with van der Waals surface area (Å²) in [4.78, 5) is 13.9. The Labute approximate surface area is 366 Å². The van der Waals surface area contributed by atoms with Gasteiger partial charge in [-0.2, -0.15) is 0 Å². The summed E-state index contributed by atoms with van der Waals surface area (Å²) in [7, 11) is 0. The number of hydrogen-bond donors (Lipinski definition) is 5. The number of nitrogens with two attached hydrogens (primary N) is 4. The van der Waals surface area contributed by atoms with E-state index in [1.807, 2.05) is 143 Å². The number of nitrogen functional groups attached to an aromatic ring is 4. The minimum atomic E-state index is -0.833. The second-order valence-corrected chi connectivity index (χ2v) is 16.4. The van der Waals surface area contributed by atoms with Crippen molar-refractivity contribution in [1.29, 1.82) is 0 Å². The van der Waals surface area contributed by atoms with Gasteiger partial charge in [0.25, 0.3) is 5.97 Å². The first-order valence-corrected chi connectivity index (χ1v) is 21.9. The Hall–Kier alpha value is -6.45. The van der Waals surface area contributed by atoms with Gasteiger partial charge in [0.05, 0.1) is 0 Å². The summed E-state index contributed by atoms with van der Waals surface area (Å²) in [6.07, 6.45) is 0. The molecule has 8 rings (SSSR count). The van der Waals surface area contributed by atoms with E-state index in [1.54, 1.807) is 45.3 Å². The lowest BCUT2D eigenvalue weighted by molar-refractivity contribution is -0.134. The third-order valence-corrected chi connectivity index (χ3v) is 10.8. The zero-order valence-electron chi connectivity index (χ0n) is 32.9. The molecule has 60 heavy (non-hydrogen) atoms. The SMILES string of the molecule is CC(=O)O.Nc1ccc(OCc2cccs2)cc1.Nc1ccc(OCc2cccs2)cc1.Nc1ccc(OCc2cccs2)cc1.Nc1ccc(OCc2cccs2)cc1. The second kappa shape index (κ2) is 26.5. The van der Waals surface area contributed by atoms with Crippen LogP contribution in [0.2, 0.25) is 0 Å². The fraction of sp³-hybridized carbons (Fsp3) is 0.109. The van der Waals surface area contributed by atoms with Gasteiger partial charge in [-0.3, -0.25) is 4.79 Å². The van der Waals surface area contributed by atoms with Crippen LogP contribution in [0.15, 0.2) is 167 Å². The van der Waals surface area contributed by atoms with Crippen LogP contribution in [0.1, 0.15) is 26.4 Å². The van der Waals surface area contributed by atoms with Crippen LogP contribution < -0.4 is 41.9 Å². The standard InChI is InChI=1S/4C11H11NOS.C2H4O2/c4*12-9-3-5-10(6-4-9)13-8-11-2-1-7-14-11;1-2(3)4/h4*1-7H,8,12H2;1H3,(H,3,4). The third kappa shape index (κ3) is 19.8. The van der Waals surface area contributed by atoms with Crippen LogP contribution in [0.3, 0.4) is 0 Å². The molecule has 0 atom stereocenters. The lowest BCUT2D eigenvalue weighted by atomic mass is 10.3. The molecule has 0 fully saturated rings. The van der Waals surface area contributed by atoms with E-state index in [9.17, 15) is 0 Å². The number of hydrogen-bond acceptors (Lipinski definition) is 13. The normalized spacial score (nSPS) is 9.75. The molecular formula is C46H48N4O6S4. The molecule has 0 saturated carbocycles. The summed E-state index contributed by atoms with van der Waals surface area (Å²) < 4.78 is 22.2. The lowest BCUT2D eigenvalue weighted by Gasteiger charge is -2.04. The Morgan fingerprint density at radius 2 is 0.583 bits per heavy atom. The van der Waals surface area contributed by atoms with Gasteiger partial charge in [0.15, 0.2) is 0 Å². The zero-order valence-corrected chi connectivity index (χ0v) is 36.2. The van der Waals surface area contributed by atoms with Gasteiger partial charge in [0, 0.05) is 49.2 Å². The number of carboxylic acid groups (broad SMARTS) is 1. The molecule has 0 aliphatic rings. The zero-order chi connectivity index (χ0) is 42.8. The van der Waals surface area contributed by atoms with Crippen molar-refractivity contribution in [2.75, 3.05) is 22.9 Å². The Bertz CT molecular complexity index is 1940. The molecule has 4 aromatic carbocycles. The molecule has 0 aliphatic carbocycles.